The third-order valence-electron chi connectivity index (χ3n) is 7.33. The molecule has 0 aromatic heterocycles. The zero-order valence-corrected chi connectivity index (χ0v) is 21.3. The summed E-state index contributed by atoms with van der Waals surface area (Å²) in [7, 11) is 0. The second-order valence-electron chi connectivity index (χ2n) is 9.43. The molecule has 3 aliphatic heterocycles. The van der Waals surface area contributed by atoms with Crippen molar-refractivity contribution in [2.24, 2.45) is 11.8 Å². The lowest BCUT2D eigenvalue weighted by Crippen LogP contribution is -2.46. The number of hydrogen-bond donors (Lipinski definition) is 0. The third kappa shape index (κ3) is 3.88. The standard InChI is InChI=1S/C30H20Cl2N2O4/c31-20-8-6-18(7-9-20)28(36)26-25-24(29(37)34(30(25)38)22-12-10-21(32)11-13-22)23-16-19(14-15-33(23)26)27(35)17-4-2-1-3-5-17/h1-16,23-26H/t23-,24+,25-,26-/m1/s1. The molecule has 0 aliphatic carbocycles. The lowest BCUT2D eigenvalue weighted by molar-refractivity contribution is -0.123. The number of halogens is 2. The monoisotopic (exact) mass is 542 g/mol. The molecule has 6 rings (SSSR count). The van der Waals surface area contributed by atoms with Gasteiger partial charge in [0.15, 0.2) is 11.6 Å². The highest BCUT2D eigenvalue weighted by atomic mass is 35.5. The largest absolute Gasteiger partial charge is 0.359 e. The first kappa shape index (κ1) is 24.3. The van der Waals surface area contributed by atoms with Gasteiger partial charge in [0.1, 0.15) is 6.04 Å². The minimum atomic E-state index is -0.932. The van der Waals surface area contributed by atoms with Crippen LogP contribution in [0.3, 0.4) is 0 Å². The smallest absolute Gasteiger partial charge is 0.240 e. The Labute approximate surface area is 228 Å². The van der Waals surface area contributed by atoms with Gasteiger partial charge in [-0.1, -0.05) is 59.6 Å². The molecule has 0 spiro atoms. The van der Waals surface area contributed by atoms with Crippen LogP contribution in [0.4, 0.5) is 5.69 Å². The minimum Gasteiger partial charge on any atom is -0.359 e. The molecule has 3 aromatic carbocycles. The number of ketones is 2. The van der Waals surface area contributed by atoms with Crippen molar-refractivity contribution >= 4 is 52.3 Å². The number of amides is 2. The summed E-state index contributed by atoms with van der Waals surface area (Å²) in [5, 5.41) is 0.953. The van der Waals surface area contributed by atoms with Crippen molar-refractivity contribution in [2.75, 3.05) is 4.90 Å². The van der Waals surface area contributed by atoms with Crippen LogP contribution in [0.1, 0.15) is 20.7 Å². The van der Waals surface area contributed by atoms with Crippen molar-refractivity contribution < 1.29 is 19.2 Å². The van der Waals surface area contributed by atoms with Crippen molar-refractivity contribution in [3.8, 4) is 0 Å². The van der Waals surface area contributed by atoms with Crippen LogP contribution in [-0.2, 0) is 9.59 Å². The molecule has 2 amide bonds. The lowest BCUT2D eigenvalue weighted by Gasteiger charge is -2.32. The van der Waals surface area contributed by atoms with Crippen LogP contribution in [0.25, 0.3) is 0 Å². The second kappa shape index (κ2) is 9.39. The molecule has 38 heavy (non-hydrogen) atoms. The Bertz CT molecular complexity index is 1530. The molecule has 8 heteroatoms. The van der Waals surface area contributed by atoms with Gasteiger partial charge in [-0.25, -0.2) is 4.90 Å². The van der Waals surface area contributed by atoms with Gasteiger partial charge in [0.2, 0.25) is 11.8 Å². The van der Waals surface area contributed by atoms with Gasteiger partial charge in [0.25, 0.3) is 0 Å². The second-order valence-corrected chi connectivity index (χ2v) is 10.3. The molecule has 2 fully saturated rings. The lowest BCUT2D eigenvalue weighted by atomic mass is 9.85. The predicted octanol–water partition coefficient (Wildman–Crippen LogP) is 5.37. The van der Waals surface area contributed by atoms with Gasteiger partial charge in [-0.05, 0) is 54.6 Å². The molecule has 6 nitrogen and oxygen atoms in total. The number of anilines is 1. The zero-order valence-electron chi connectivity index (χ0n) is 19.8. The van der Waals surface area contributed by atoms with E-state index in [9.17, 15) is 19.2 Å². The van der Waals surface area contributed by atoms with Crippen molar-refractivity contribution in [1.29, 1.82) is 0 Å². The number of fused-ring (bicyclic) bond motifs is 3. The van der Waals surface area contributed by atoms with E-state index in [1.807, 2.05) is 6.07 Å². The van der Waals surface area contributed by atoms with E-state index in [-0.39, 0.29) is 11.6 Å². The first-order valence-corrected chi connectivity index (χ1v) is 12.8. The molecular formula is C30H20Cl2N2O4. The molecule has 0 radical (unpaired) electrons. The van der Waals surface area contributed by atoms with E-state index >= 15 is 0 Å². The fraction of sp³-hybridized carbons (Fsp3) is 0.133. The fourth-order valence-corrected chi connectivity index (χ4v) is 5.84. The Kier molecular flexibility index (Phi) is 6.01. The summed E-state index contributed by atoms with van der Waals surface area (Å²) >= 11 is 12.0. The molecule has 4 atom stereocenters. The quantitative estimate of drug-likeness (QED) is 0.320. The van der Waals surface area contributed by atoms with Crippen LogP contribution in [0.15, 0.2) is 103 Å². The number of Topliss-reactive ketones (excluding diaryl/α,β-unsaturated/α-hetero) is 2. The van der Waals surface area contributed by atoms with Gasteiger partial charge in [-0.15, -0.1) is 0 Å². The van der Waals surface area contributed by atoms with Crippen LogP contribution in [0, 0.1) is 11.8 Å². The highest BCUT2D eigenvalue weighted by molar-refractivity contribution is 6.31. The van der Waals surface area contributed by atoms with Gasteiger partial charge in [-0.2, -0.15) is 0 Å². The van der Waals surface area contributed by atoms with Gasteiger partial charge < -0.3 is 4.90 Å². The molecule has 3 aromatic rings. The first-order valence-electron chi connectivity index (χ1n) is 12.1. The van der Waals surface area contributed by atoms with E-state index in [1.54, 1.807) is 96.0 Å². The first-order chi connectivity index (χ1) is 18.3. The van der Waals surface area contributed by atoms with E-state index < -0.39 is 35.7 Å². The zero-order chi connectivity index (χ0) is 26.6. The maximum atomic E-state index is 13.8. The average Bonchev–Trinajstić information content (AvgIpc) is 3.41. The molecule has 188 valence electrons. The number of allylic oxidation sites excluding steroid dienone is 2. The van der Waals surface area contributed by atoms with E-state index in [0.29, 0.717) is 32.4 Å². The van der Waals surface area contributed by atoms with Gasteiger partial charge in [0, 0.05) is 32.9 Å². The summed E-state index contributed by atoms with van der Waals surface area (Å²) in [6.45, 7) is 0. The molecule has 0 saturated carbocycles. The SMILES string of the molecule is O=C(C1=C[C@@H]2[C@@H]3C(=O)N(c4ccc(Cl)cc4)C(=O)[C@H]3[C@H](C(=O)c3ccc(Cl)cc3)N2C=C1)c1ccccc1. The highest BCUT2D eigenvalue weighted by Gasteiger charge is 2.63. The number of carbonyl (C=O) groups is 4. The van der Waals surface area contributed by atoms with E-state index in [4.69, 9.17) is 23.2 Å². The van der Waals surface area contributed by atoms with Crippen molar-refractivity contribution in [3.63, 3.8) is 0 Å². The van der Waals surface area contributed by atoms with Crippen molar-refractivity contribution in [3.05, 3.63) is 124 Å². The Morgan fingerprint density at radius 1 is 0.711 bits per heavy atom. The number of rotatable bonds is 5. The Morgan fingerprint density at radius 2 is 1.32 bits per heavy atom. The van der Waals surface area contributed by atoms with Crippen molar-refractivity contribution in [2.45, 2.75) is 12.1 Å². The van der Waals surface area contributed by atoms with Crippen LogP contribution in [-0.4, -0.2) is 40.4 Å². The van der Waals surface area contributed by atoms with E-state index in [2.05, 4.69) is 0 Å². The van der Waals surface area contributed by atoms with Crippen LogP contribution >= 0.6 is 23.2 Å². The number of hydrogen-bond acceptors (Lipinski definition) is 5. The van der Waals surface area contributed by atoms with Gasteiger partial charge in [0.05, 0.1) is 23.6 Å². The Morgan fingerprint density at radius 3 is 1.97 bits per heavy atom. The van der Waals surface area contributed by atoms with Crippen molar-refractivity contribution in [1.82, 2.24) is 4.90 Å². The molecule has 3 heterocycles. The predicted molar refractivity (Wildman–Crippen MR) is 144 cm³/mol. The topological polar surface area (TPSA) is 74.8 Å². The summed E-state index contributed by atoms with van der Waals surface area (Å²) in [6.07, 6.45) is 5.00. The maximum absolute atomic E-state index is 13.8. The van der Waals surface area contributed by atoms with Gasteiger partial charge >= 0.3 is 0 Å². The molecule has 0 unspecified atom stereocenters. The summed E-state index contributed by atoms with van der Waals surface area (Å²) < 4.78 is 0. The normalized spacial score (nSPS) is 23.8. The number of imide groups is 1. The minimum absolute atomic E-state index is 0.197. The third-order valence-corrected chi connectivity index (χ3v) is 7.83. The summed E-state index contributed by atoms with van der Waals surface area (Å²) in [5.41, 5.74) is 1.68. The molecule has 0 N–H and O–H groups in total. The van der Waals surface area contributed by atoms with Crippen LogP contribution < -0.4 is 4.90 Å². The highest BCUT2D eigenvalue weighted by Crippen LogP contribution is 2.47. The summed E-state index contributed by atoms with van der Waals surface area (Å²) in [6, 6.07) is 20.1. The Hall–Kier alpha value is -4.00. The average molecular weight is 543 g/mol. The molecule has 2 saturated heterocycles. The summed E-state index contributed by atoms with van der Waals surface area (Å²) in [4.78, 5) is 57.6. The number of nitrogens with zero attached hydrogens (tertiary/aromatic N) is 2. The maximum Gasteiger partial charge on any atom is 0.240 e. The molecule has 3 aliphatic rings. The number of benzene rings is 3. The Balaban J connectivity index is 1.43. The summed E-state index contributed by atoms with van der Waals surface area (Å²) in [5.74, 6) is -3.14. The van der Waals surface area contributed by atoms with Crippen LogP contribution in [0.2, 0.25) is 10.0 Å². The van der Waals surface area contributed by atoms with Crippen LogP contribution in [0.5, 0.6) is 0 Å². The molecule has 0 bridgehead atoms. The van der Waals surface area contributed by atoms with E-state index in [0.717, 1.165) is 4.90 Å². The number of carbonyl (C=O) groups excluding carboxylic acids is 4. The molecular weight excluding hydrogens is 523 g/mol. The van der Waals surface area contributed by atoms with E-state index in [1.165, 1.54) is 0 Å². The fourth-order valence-electron chi connectivity index (χ4n) is 5.58. The van der Waals surface area contributed by atoms with Gasteiger partial charge in [-0.3, -0.25) is 19.2 Å².